The van der Waals surface area contributed by atoms with Crippen molar-refractivity contribution < 1.29 is 0 Å². The molecule has 3 rings (SSSR count). The number of para-hydroxylation sites is 1. The molecule has 124 valence electrons. The molecular weight excluding hydrogens is 304 g/mol. The van der Waals surface area contributed by atoms with Crippen LogP contribution in [0.2, 0.25) is 0 Å². The number of amidine groups is 1. The van der Waals surface area contributed by atoms with Crippen molar-refractivity contribution in [3.63, 3.8) is 0 Å². The minimum absolute atomic E-state index is 0.0373. The first-order valence-corrected chi connectivity index (χ1v) is 8.34. The van der Waals surface area contributed by atoms with Crippen molar-refractivity contribution in [3.05, 3.63) is 109 Å². The van der Waals surface area contributed by atoms with Gasteiger partial charge in [-0.3, -0.25) is 0 Å². The van der Waals surface area contributed by atoms with Crippen LogP contribution in [0.15, 0.2) is 103 Å². The van der Waals surface area contributed by atoms with Gasteiger partial charge in [0, 0.05) is 16.8 Å². The molecule has 0 spiro atoms. The SMILES string of the molecule is C=C/C=C(\C=C)C(C)N1C(=C)c2ccccc2N=C1c1ccccc1. The summed E-state index contributed by atoms with van der Waals surface area (Å²) in [6.07, 6.45) is 5.63. The summed E-state index contributed by atoms with van der Waals surface area (Å²) < 4.78 is 0. The zero-order chi connectivity index (χ0) is 17.8. The third kappa shape index (κ3) is 3.11. The van der Waals surface area contributed by atoms with E-state index in [0.717, 1.165) is 33.9 Å². The maximum atomic E-state index is 4.94. The molecule has 1 aliphatic heterocycles. The van der Waals surface area contributed by atoms with Gasteiger partial charge in [-0.2, -0.15) is 0 Å². The monoisotopic (exact) mass is 326 g/mol. The highest BCUT2D eigenvalue weighted by atomic mass is 15.2. The number of aliphatic imine (C=N–C) groups is 1. The van der Waals surface area contributed by atoms with Gasteiger partial charge in [0.15, 0.2) is 0 Å². The summed E-state index contributed by atoms with van der Waals surface area (Å²) in [6.45, 7) is 14.3. The zero-order valence-electron chi connectivity index (χ0n) is 14.5. The third-order valence-corrected chi connectivity index (χ3v) is 4.41. The summed E-state index contributed by atoms with van der Waals surface area (Å²) in [7, 11) is 0. The first-order valence-electron chi connectivity index (χ1n) is 8.34. The van der Waals surface area contributed by atoms with Crippen LogP contribution in [-0.4, -0.2) is 16.8 Å². The Labute approximate surface area is 149 Å². The number of hydrogen-bond donors (Lipinski definition) is 0. The highest BCUT2D eigenvalue weighted by molar-refractivity contribution is 6.08. The molecule has 25 heavy (non-hydrogen) atoms. The number of allylic oxidation sites excluding steroid dienone is 2. The van der Waals surface area contributed by atoms with E-state index in [1.165, 1.54) is 0 Å². The molecule has 0 amide bonds. The molecule has 2 aromatic rings. The molecule has 0 aromatic heterocycles. The van der Waals surface area contributed by atoms with Crippen molar-refractivity contribution in [2.45, 2.75) is 13.0 Å². The lowest BCUT2D eigenvalue weighted by Gasteiger charge is -2.37. The second-order valence-corrected chi connectivity index (χ2v) is 5.92. The van der Waals surface area contributed by atoms with Crippen LogP contribution in [0.1, 0.15) is 18.1 Å². The van der Waals surface area contributed by atoms with Crippen LogP contribution in [-0.2, 0) is 0 Å². The van der Waals surface area contributed by atoms with Crippen molar-refractivity contribution in [1.29, 1.82) is 0 Å². The molecule has 1 heterocycles. The topological polar surface area (TPSA) is 15.6 Å². The number of rotatable bonds is 5. The summed E-state index contributed by atoms with van der Waals surface area (Å²) in [5.74, 6) is 0.897. The Morgan fingerprint density at radius 3 is 2.40 bits per heavy atom. The summed E-state index contributed by atoms with van der Waals surface area (Å²) in [6, 6.07) is 18.4. The van der Waals surface area contributed by atoms with Crippen molar-refractivity contribution >= 4 is 17.2 Å². The van der Waals surface area contributed by atoms with Crippen molar-refractivity contribution in [2.75, 3.05) is 0 Å². The van der Waals surface area contributed by atoms with Gasteiger partial charge in [0.05, 0.1) is 11.7 Å². The molecule has 0 bridgehead atoms. The van der Waals surface area contributed by atoms with E-state index in [9.17, 15) is 0 Å². The van der Waals surface area contributed by atoms with Crippen molar-refractivity contribution in [3.8, 4) is 0 Å². The number of fused-ring (bicyclic) bond motifs is 1. The second-order valence-electron chi connectivity index (χ2n) is 5.92. The zero-order valence-corrected chi connectivity index (χ0v) is 14.5. The quantitative estimate of drug-likeness (QED) is 0.640. The van der Waals surface area contributed by atoms with Crippen LogP contribution in [0.3, 0.4) is 0 Å². The average molecular weight is 326 g/mol. The molecule has 1 atom stereocenters. The molecule has 1 aliphatic rings. The smallest absolute Gasteiger partial charge is 0.141 e. The summed E-state index contributed by atoms with van der Waals surface area (Å²) >= 11 is 0. The number of hydrogen-bond acceptors (Lipinski definition) is 2. The van der Waals surface area contributed by atoms with E-state index in [1.54, 1.807) is 6.08 Å². The molecule has 0 fully saturated rings. The first-order chi connectivity index (χ1) is 12.2. The summed E-state index contributed by atoms with van der Waals surface area (Å²) in [5, 5.41) is 0. The molecular formula is C23H22N2. The Morgan fingerprint density at radius 1 is 1.04 bits per heavy atom. The van der Waals surface area contributed by atoms with Crippen LogP contribution < -0.4 is 0 Å². The van der Waals surface area contributed by atoms with Crippen LogP contribution in [0.5, 0.6) is 0 Å². The van der Waals surface area contributed by atoms with Gasteiger partial charge in [-0.25, -0.2) is 4.99 Å². The standard InChI is InChI=1S/C23H22N2/c1-5-12-19(6-2)17(3)25-18(4)21-15-10-11-16-22(21)24-23(25)20-13-8-7-9-14-20/h5-17H,1-2,4H2,3H3/b19-12+. The van der Waals surface area contributed by atoms with E-state index in [4.69, 9.17) is 4.99 Å². The van der Waals surface area contributed by atoms with Gasteiger partial charge < -0.3 is 4.90 Å². The van der Waals surface area contributed by atoms with Gasteiger partial charge in [-0.05, 0) is 18.6 Å². The van der Waals surface area contributed by atoms with Crippen molar-refractivity contribution in [1.82, 2.24) is 4.90 Å². The fraction of sp³-hybridized carbons (Fsp3) is 0.0870. The fourth-order valence-electron chi connectivity index (χ4n) is 3.11. The Morgan fingerprint density at radius 2 is 1.72 bits per heavy atom. The van der Waals surface area contributed by atoms with E-state index in [0.29, 0.717) is 0 Å². The molecule has 1 unspecified atom stereocenters. The third-order valence-electron chi connectivity index (χ3n) is 4.41. The Kier molecular flexibility index (Phi) is 4.80. The minimum atomic E-state index is 0.0373. The molecule has 2 nitrogen and oxygen atoms in total. The van der Waals surface area contributed by atoms with E-state index in [2.05, 4.69) is 49.8 Å². The maximum absolute atomic E-state index is 4.94. The average Bonchev–Trinajstić information content (AvgIpc) is 2.66. The highest BCUT2D eigenvalue weighted by Crippen LogP contribution is 2.37. The molecule has 0 saturated carbocycles. The van der Waals surface area contributed by atoms with E-state index < -0.39 is 0 Å². The first kappa shape index (κ1) is 16.7. The van der Waals surface area contributed by atoms with Gasteiger partial charge in [0.25, 0.3) is 0 Å². The van der Waals surface area contributed by atoms with Gasteiger partial charge in [0.2, 0.25) is 0 Å². The van der Waals surface area contributed by atoms with Gasteiger partial charge in [-0.15, -0.1) is 0 Å². The molecule has 0 aliphatic carbocycles. The van der Waals surface area contributed by atoms with E-state index in [1.807, 2.05) is 48.6 Å². The highest BCUT2D eigenvalue weighted by Gasteiger charge is 2.29. The lowest BCUT2D eigenvalue weighted by molar-refractivity contribution is 0.504. The lowest BCUT2D eigenvalue weighted by atomic mass is 9.99. The number of benzene rings is 2. The summed E-state index contributed by atoms with van der Waals surface area (Å²) in [4.78, 5) is 7.12. The van der Waals surface area contributed by atoms with Crippen LogP contribution in [0.25, 0.3) is 5.70 Å². The van der Waals surface area contributed by atoms with Crippen LogP contribution in [0.4, 0.5) is 5.69 Å². The van der Waals surface area contributed by atoms with Crippen LogP contribution >= 0.6 is 0 Å². The van der Waals surface area contributed by atoms with Crippen LogP contribution in [0, 0.1) is 0 Å². The van der Waals surface area contributed by atoms with Crippen molar-refractivity contribution in [2.24, 2.45) is 4.99 Å². The Balaban J connectivity index is 2.18. The van der Waals surface area contributed by atoms with Gasteiger partial charge >= 0.3 is 0 Å². The normalized spacial score (nSPS) is 15.2. The molecule has 2 aromatic carbocycles. The molecule has 0 radical (unpaired) electrons. The lowest BCUT2D eigenvalue weighted by Crippen LogP contribution is -2.39. The fourth-order valence-corrected chi connectivity index (χ4v) is 3.11. The van der Waals surface area contributed by atoms with E-state index in [-0.39, 0.29) is 6.04 Å². The largest absolute Gasteiger partial charge is 0.319 e. The van der Waals surface area contributed by atoms with Gasteiger partial charge in [0.1, 0.15) is 5.84 Å². The molecule has 0 saturated heterocycles. The predicted octanol–water partition coefficient (Wildman–Crippen LogP) is 5.74. The maximum Gasteiger partial charge on any atom is 0.141 e. The van der Waals surface area contributed by atoms with E-state index >= 15 is 0 Å². The summed E-state index contributed by atoms with van der Waals surface area (Å²) in [5.41, 5.74) is 5.07. The molecule has 0 N–H and O–H groups in total. The molecule has 2 heteroatoms. The second kappa shape index (κ2) is 7.18. The Hall–Kier alpha value is -3.13. The minimum Gasteiger partial charge on any atom is -0.319 e. The predicted molar refractivity (Wildman–Crippen MR) is 108 cm³/mol. The Bertz CT molecular complexity index is 872. The number of nitrogens with zero attached hydrogens (tertiary/aromatic N) is 2. The van der Waals surface area contributed by atoms with Gasteiger partial charge in [-0.1, -0.05) is 86.5 Å².